The summed E-state index contributed by atoms with van der Waals surface area (Å²) in [6.07, 6.45) is -2.39. The Balaban J connectivity index is 2.31. The predicted molar refractivity (Wildman–Crippen MR) is 73.6 cm³/mol. The molecule has 2 aromatic heterocycles. The van der Waals surface area contributed by atoms with Gasteiger partial charge in [0.2, 0.25) is 5.91 Å². The fourth-order valence-corrected chi connectivity index (χ4v) is 2.17. The lowest BCUT2D eigenvalue weighted by Crippen LogP contribution is -2.30. The highest BCUT2D eigenvalue weighted by Crippen LogP contribution is 2.32. The van der Waals surface area contributed by atoms with Crippen LogP contribution in [0.5, 0.6) is 0 Å². The summed E-state index contributed by atoms with van der Waals surface area (Å²) in [5.74, 6) is -0.301. The van der Waals surface area contributed by atoms with Crippen LogP contribution in [0.1, 0.15) is 11.3 Å². The number of rotatable bonds is 4. The first-order chi connectivity index (χ1) is 10.2. The molecular formula is C13H13ClF3N3O2. The van der Waals surface area contributed by atoms with Crippen LogP contribution in [0.15, 0.2) is 18.5 Å². The number of carbonyl (C=O) groups excluding carboxylic acids is 1. The molecule has 0 aliphatic carbocycles. The van der Waals surface area contributed by atoms with Gasteiger partial charge in [-0.1, -0.05) is 11.6 Å². The van der Waals surface area contributed by atoms with Crippen LogP contribution in [-0.2, 0) is 17.4 Å². The maximum absolute atomic E-state index is 12.7. The van der Waals surface area contributed by atoms with E-state index in [1.165, 1.54) is 18.1 Å². The number of aliphatic hydroxyl groups is 1. The van der Waals surface area contributed by atoms with Crippen molar-refractivity contribution in [3.63, 3.8) is 0 Å². The van der Waals surface area contributed by atoms with E-state index in [0.717, 1.165) is 16.7 Å². The van der Waals surface area contributed by atoms with E-state index in [0.29, 0.717) is 5.69 Å². The minimum absolute atomic E-state index is 0.0874. The van der Waals surface area contributed by atoms with Crippen LogP contribution in [0.4, 0.5) is 13.2 Å². The standard InChI is InChI=1S/C13H13ClF3N3O2/c1-19(2-3-21)11(22)5-9-7-20-6-8(13(15,16)17)4-10(14)12(20)18-9/h4,6-7,21H,2-3,5H2,1H3. The average molecular weight is 336 g/mol. The highest BCUT2D eigenvalue weighted by atomic mass is 35.5. The molecule has 0 fully saturated rings. The molecule has 9 heteroatoms. The monoisotopic (exact) mass is 335 g/mol. The van der Waals surface area contributed by atoms with Gasteiger partial charge < -0.3 is 14.4 Å². The van der Waals surface area contributed by atoms with Crippen molar-refractivity contribution in [1.29, 1.82) is 0 Å². The fourth-order valence-electron chi connectivity index (χ4n) is 1.91. The van der Waals surface area contributed by atoms with Crippen molar-refractivity contribution >= 4 is 23.2 Å². The van der Waals surface area contributed by atoms with E-state index in [1.807, 2.05) is 0 Å². The molecule has 0 saturated heterocycles. The third kappa shape index (κ3) is 3.50. The third-order valence-corrected chi connectivity index (χ3v) is 3.36. The van der Waals surface area contributed by atoms with E-state index < -0.39 is 11.7 Å². The Bertz CT molecular complexity index is 700. The molecule has 1 amide bonds. The second-order valence-corrected chi connectivity index (χ2v) is 5.16. The van der Waals surface area contributed by atoms with Gasteiger partial charge in [-0.2, -0.15) is 13.2 Å². The average Bonchev–Trinajstić information content (AvgIpc) is 2.81. The predicted octanol–water partition coefficient (Wildman–Crippen LogP) is 2.00. The van der Waals surface area contributed by atoms with Gasteiger partial charge in [-0.25, -0.2) is 4.98 Å². The SMILES string of the molecule is CN(CCO)C(=O)Cc1cn2cc(C(F)(F)F)cc(Cl)c2n1. The van der Waals surface area contributed by atoms with Gasteiger partial charge in [0.1, 0.15) is 0 Å². The second-order valence-electron chi connectivity index (χ2n) is 4.75. The summed E-state index contributed by atoms with van der Waals surface area (Å²) >= 11 is 5.82. The van der Waals surface area contributed by atoms with Gasteiger partial charge in [0, 0.05) is 26.0 Å². The summed E-state index contributed by atoms with van der Waals surface area (Å²) in [4.78, 5) is 17.2. The van der Waals surface area contributed by atoms with Crippen molar-refractivity contribution in [3.8, 4) is 0 Å². The first kappa shape index (κ1) is 16.6. The molecule has 2 rings (SSSR count). The molecule has 0 aromatic carbocycles. The highest BCUT2D eigenvalue weighted by Gasteiger charge is 2.32. The van der Waals surface area contributed by atoms with Gasteiger partial charge >= 0.3 is 6.18 Å². The molecule has 0 aliphatic rings. The number of aliphatic hydroxyl groups excluding tert-OH is 1. The Morgan fingerprint density at radius 3 is 2.73 bits per heavy atom. The third-order valence-electron chi connectivity index (χ3n) is 3.08. The summed E-state index contributed by atoms with van der Waals surface area (Å²) in [6, 6.07) is 0.799. The minimum atomic E-state index is -4.51. The van der Waals surface area contributed by atoms with Crippen molar-refractivity contribution in [2.45, 2.75) is 12.6 Å². The Hall–Kier alpha value is -1.80. The quantitative estimate of drug-likeness (QED) is 0.929. The number of pyridine rings is 1. The number of hydrogen-bond acceptors (Lipinski definition) is 3. The van der Waals surface area contributed by atoms with Crippen molar-refractivity contribution < 1.29 is 23.1 Å². The molecule has 1 N–H and O–H groups in total. The summed E-state index contributed by atoms with van der Waals surface area (Å²) in [5, 5.41) is 8.63. The second kappa shape index (κ2) is 6.13. The number of fused-ring (bicyclic) bond motifs is 1. The highest BCUT2D eigenvalue weighted by molar-refractivity contribution is 6.33. The number of halogens is 4. The van der Waals surface area contributed by atoms with Crippen LogP contribution < -0.4 is 0 Å². The molecule has 0 atom stereocenters. The number of aromatic nitrogens is 2. The zero-order valence-electron chi connectivity index (χ0n) is 11.6. The molecule has 2 heterocycles. The van der Waals surface area contributed by atoms with Crippen LogP contribution in [0.2, 0.25) is 5.02 Å². The molecule has 0 saturated carbocycles. The molecule has 0 bridgehead atoms. The number of imidazole rings is 1. The van der Waals surface area contributed by atoms with Crippen molar-refractivity contribution in [2.75, 3.05) is 20.2 Å². The molecule has 5 nitrogen and oxygen atoms in total. The van der Waals surface area contributed by atoms with Crippen LogP contribution in [0.25, 0.3) is 5.65 Å². The van der Waals surface area contributed by atoms with E-state index in [-0.39, 0.29) is 36.1 Å². The first-order valence-corrected chi connectivity index (χ1v) is 6.69. The molecular weight excluding hydrogens is 323 g/mol. The number of amides is 1. The molecule has 120 valence electrons. The Kier molecular flexibility index (Phi) is 4.62. The lowest BCUT2D eigenvalue weighted by Gasteiger charge is -2.14. The van der Waals surface area contributed by atoms with Crippen molar-refractivity contribution in [2.24, 2.45) is 0 Å². The molecule has 0 radical (unpaired) electrons. The number of likely N-dealkylation sites (N-methyl/N-ethyl adjacent to an activating group) is 1. The molecule has 22 heavy (non-hydrogen) atoms. The lowest BCUT2D eigenvalue weighted by molar-refractivity contribution is -0.137. The maximum Gasteiger partial charge on any atom is 0.417 e. The van der Waals surface area contributed by atoms with Gasteiger partial charge in [-0.05, 0) is 6.07 Å². The molecule has 0 unspecified atom stereocenters. The van der Waals surface area contributed by atoms with E-state index in [9.17, 15) is 18.0 Å². The van der Waals surface area contributed by atoms with Crippen LogP contribution in [0.3, 0.4) is 0 Å². The van der Waals surface area contributed by atoms with E-state index in [1.54, 1.807) is 0 Å². The molecule has 2 aromatic rings. The van der Waals surface area contributed by atoms with Crippen LogP contribution >= 0.6 is 11.6 Å². The van der Waals surface area contributed by atoms with Gasteiger partial charge in [-0.15, -0.1) is 0 Å². The van der Waals surface area contributed by atoms with Crippen LogP contribution in [-0.4, -0.2) is 45.5 Å². The molecule has 0 aliphatic heterocycles. The Morgan fingerprint density at radius 2 is 2.14 bits per heavy atom. The number of carbonyl (C=O) groups is 1. The van der Waals surface area contributed by atoms with Crippen molar-refractivity contribution in [3.05, 3.63) is 34.7 Å². The maximum atomic E-state index is 12.7. The smallest absolute Gasteiger partial charge is 0.395 e. The first-order valence-electron chi connectivity index (χ1n) is 6.31. The lowest BCUT2D eigenvalue weighted by atomic mass is 10.3. The Labute approximate surface area is 128 Å². The van der Waals surface area contributed by atoms with Crippen molar-refractivity contribution in [1.82, 2.24) is 14.3 Å². The summed E-state index contributed by atoms with van der Waals surface area (Å²) in [5.41, 5.74) is -0.434. The van der Waals surface area contributed by atoms with Crippen LogP contribution in [0, 0.1) is 0 Å². The summed E-state index contributed by atoms with van der Waals surface area (Å²) in [6.45, 7) is -0.000635. The van der Waals surface area contributed by atoms with Gasteiger partial charge in [0.25, 0.3) is 0 Å². The van der Waals surface area contributed by atoms with Gasteiger partial charge in [0.15, 0.2) is 5.65 Å². The Morgan fingerprint density at radius 1 is 1.45 bits per heavy atom. The zero-order chi connectivity index (χ0) is 16.5. The largest absolute Gasteiger partial charge is 0.417 e. The van der Waals surface area contributed by atoms with E-state index in [2.05, 4.69) is 4.98 Å². The topological polar surface area (TPSA) is 57.8 Å². The van der Waals surface area contributed by atoms with Gasteiger partial charge in [0.05, 0.1) is 29.3 Å². The van der Waals surface area contributed by atoms with Gasteiger partial charge in [-0.3, -0.25) is 4.79 Å². The number of hydrogen-bond donors (Lipinski definition) is 1. The van der Waals surface area contributed by atoms with E-state index >= 15 is 0 Å². The summed E-state index contributed by atoms with van der Waals surface area (Å²) < 4.78 is 39.3. The number of nitrogens with zero attached hydrogens (tertiary/aromatic N) is 3. The zero-order valence-corrected chi connectivity index (χ0v) is 12.3. The summed E-state index contributed by atoms with van der Waals surface area (Å²) in [7, 11) is 1.52. The molecule has 0 spiro atoms. The number of alkyl halides is 3. The van der Waals surface area contributed by atoms with E-state index in [4.69, 9.17) is 16.7 Å². The normalized spacial score (nSPS) is 11.9. The fraction of sp³-hybridized carbons (Fsp3) is 0.385. The minimum Gasteiger partial charge on any atom is -0.395 e.